The van der Waals surface area contributed by atoms with E-state index >= 15 is 0 Å². The van der Waals surface area contributed by atoms with Crippen molar-refractivity contribution in [1.82, 2.24) is 9.88 Å². The number of hydrogen-bond donors (Lipinski definition) is 2. The second-order valence-corrected chi connectivity index (χ2v) is 8.12. The lowest BCUT2D eigenvalue weighted by Crippen LogP contribution is -2.32. The molecule has 0 spiro atoms. The summed E-state index contributed by atoms with van der Waals surface area (Å²) in [6.07, 6.45) is 8.82. The molecule has 0 saturated heterocycles. The minimum atomic E-state index is -0.230. The molecule has 146 valence electrons. The van der Waals surface area contributed by atoms with Crippen LogP contribution in [0.25, 0.3) is 5.00 Å². The topological polar surface area (TPSA) is 55.3 Å². The van der Waals surface area contributed by atoms with Gasteiger partial charge < -0.3 is 19.9 Å². The van der Waals surface area contributed by atoms with Crippen molar-refractivity contribution in [3.05, 3.63) is 64.8 Å². The number of benzene rings is 1. The van der Waals surface area contributed by atoms with Gasteiger partial charge in [-0.3, -0.25) is 0 Å². The average molecular weight is 396 g/mol. The summed E-state index contributed by atoms with van der Waals surface area (Å²) in [6.45, 7) is 2.06. The smallest absolute Gasteiger partial charge is 0.319 e. The molecule has 4 rings (SSSR count). The van der Waals surface area contributed by atoms with Crippen LogP contribution in [0.2, 0.25) is 0 Å². The Morgan fingerprint density at radius 2 is 1.89 bits per heavy atom. The SMILES string of the molecule is COc1ccccc1NC(=O)N[C@@H](C)c1c(-n2cccc2)sc2c1CCCC2. The number of thiophene rings is 1. The summed E-state index contributed by atoms with van der Waals surface area (Å²) < 4.78 is 7.48. The normalized spacial score (nSPS) is 14.2. The zero-order valence-corrected chi connectivity index (χ0v) is 17.0. The van der Waals surface area contributed by atoms with Crippen LogP contribution < -0.4 is 15.4 Å². The number of para-hydroxylation sites is 2. The van der Waals surface area contributed by atoms with Crippen LogP contribution in [-0.4, -0.2) is 17.7 Å². The monoisotopic (exact) mass is 395 g/mol. The quantitative estimate of drug-likeness (QED) is 0.615. The third-order valence-electron chi connectivity index (χ3n) is 5.17. The Morgan fingerprint density at radius 3 is 2.68 bits per heavy atom. The van der Waals surface area contributed by atoms with Crippen LogP contribution in [0.1, 0.15) is 41.8 Å². The Bertz CT molecular complexity index is 962. The molecular weight excluding hydrogens is 370 g/mol. The fourth-order valence-corrected chi connectivity index (χ4v) is 5.31. The number of amides is 2. The maximum Gasteiger partial charge on any atom is 0.319 e. The molecular formula is C22H25N3O2S. The molecule has 28 heavy (non-hydrogen) atoms. The van der Waals surface area contributed by atoms with Crippen molar-refractivity contribution in [3.63, 3.8) is 0 Å². The maximum atomic E-state index is 12.7. The van der Waals surface area contributed by atoms with Gasteiger partial charge in [0.25, 0.3) is 0 Å². The summed E-state index contributed by atoms with van der Waals surface area (Å²) >= 11 is 1.86. The molecule has 0 saturated carbocycles. The van der Waals surface area contributed by atoms with Crippen molar-refractivity contribution in [1.29, 1.82) is 0 Å². The second-order valence-electron chi connectivity index (χ2n) is 7.04. The highest BCUT2D eigenvalue weighted by atomic mass is 32.1. The van der Waals surface area contributed by atoms with Gasteiger partial charge in [-0.05, 0) is 62.4 Å². The minimum Gasteiger partial charge on any atom is -0.495 e. The number of urea groups is 1. The van der Waals surface area contributed by atoms with Crippen LogP contribution in [0.4, 0.5) is 10.5 Å². The fraction of sp³-hybridized carbons (Fsp3) is 0.318. The van der Waals surface area contributed by atoms with Gasteiger partial charge in [0.2, 0.25) is 0 Å². The molecule has 6 heteroatoms. The second kappa shape index (κ2) is 8.10. The summed E-state index contributed by atoms with van der Waals surface area (Å²) in [5.74, 6) is 0.645. The van der Waals surface area contributed by atoms with Gasteiger partial charge in [0.15, 0.2) is 0 Å². The van der Waals surface area contributed by atoms with E-state index < -0.39 is 0 Å². The standard InChI is InChI=1S/C22H25N3O2S/c1-15(23-22(26)24-17-10-4-5-11-18(17)27-2)20-16-9-3-6-12-19(16)28-21(20)25-13-7-8-14-25/h4-5,7-8,10-11,13-15H,3,6,9,12H2,1-2H3,(H2,23,24,26)/t15-/m0/s1. The van der Waals surface area contributed by atoms with E-state index in [1.807, 2.05) is 47.7 Å². The first-order valence-electron chi connectivity index (χ1n) is 9.65. The molecule has 2 amide bonds. The molecule has 0 fully saturated rings. The van der Waals surface area contributed by atoms with Gasteiger partial charge in [0.1, 0.15) is 10.8 Å². The Hall–Kier alpha value is -2.73. The Morgan fingerprint density at radius 1 is 1.14 bits per heavy atom. The molecule has 1 aliphatic rings. The summed E-state index contributed by atoms with van der Waals surface area (Å²) in [5, 5.41) is 7.24. The van der Waals surface area contributed by atoms with Gasteiger partial charge in [0.05, 0.1) is 18.8 Å². The Kier molecular flexibility index (Phi) is 5.39. The third-order valence-corrected chi connectivity index (χ3v) is 6.49. The molecule has 1 atom stereocenters. The number of ether oxygens (including phenoxy) is 1. The lowest BCUT2D eigenvalue weighted by Gasteiger charge is -2.20. The van der Waals surface area contributed by atoms with Crippen molar-refractivity contribution >= 4 is 23.1 Å². The molecule has 0 unspecified atom stereocenters. The largest absolute Gasteiger partial charge is 0.495 e. The number of aryl methyl sites for hydroxylation is 1. The van der Waals surface area contributed by atoms with E-state index in [4.69, 9.17) is 4.74 Å². The molecule has 0 radical (unpaired) electrons. The molecule has 2 heterocycles. The van der Waals surface area contributed by atoms with Gasteiger partial charge in [0, 0.05) is 22.8 Å². The first-order valence-corrected chi connectivity index (χ1v) is 10.5. The van der Waals surface area contributed by atoms with Crippen molar-refractivity contribution < 1.29 is 9.53 Å². The molecule has 3 aromatic rings. The van der Waals surface area contributed by atoms with Gasteiger partial charge in [-0.15, -0.1) is 11.3 Å². The van der Waals surface area contributed by atoms with Crippen LogP contribution >= 0.6 is 11.3 Å². The third kappa shape index (κ3) is 3.64. The van der Waals surface area contributed by atoms with Gasteiger partial charge in [-0.1, -0.05) is 12.1 Å². The molecule has 2 aromatic heterocycles. The van der Waals surface area contributed by atoms with Gasteiger partial charge >= 0.3 is 6.03 Å². The van der Waals surface area contributed by atoms with Crippen LogP contribution in [0.5, 0.6) is 5.75 Å². The number of carbonyl (C=O) groups is 1. The highest BCUT2D eigenvalue weighted by Crippen LogP contribution is 2.40. The van der Waals surface area contributed by atoms with E-state index in [2.05, 4.69) is 34.5 Å². The van der Waals surface area contributed by atoms with Crippen molar-refractivity contribution in [3.8, 4) is 10.8 Å². The predicted octanol–water partition coefficient (Wildman–Crippen LogP) is 5.31. The molecule has 1 aromatic carbocycles. The molecule has 5 nitrogen and oxygen atoms in total. The Labute approximate surface area is 169 Å². The highest BCUT2D eigenvalue weighted by molar-refractivity contribution is 7.15. The lowest BCUT2D eigenvalue weighted by molar-refractivity contribution is 0.249. The van der Waals surface area contributed by atoms with Crippen molar-refractivity contribution in [2.75, 3.05) is 12.4 Å². The van der Waals surface area contributed by atoms with Crippen LogP contribution in [0, 0.1) is 0 Å². The van der Waals surface area contributed by atoms with E-state index in [1.54, 1.807) is 7.11 Å². The van der Waals surface area contributed by atoms with E-state index in [0.717, 1.165) is 12.8 Å². The van der Waals surface area contributed by atoms with E-state index in [1.165, 1.54) is 33.8 Å². The lowest BCUT2D eigenvalue weighted by atomic mass is 9.93. The average Bonchev–Trinajstić information content (AvgIpc) is 3.35. The number of anilines is 1. The maximum absolute atomic E-state index is 12.7. The first kappa shape index (κ1) is 18.6. The zero-order chi connectivity index (χ0) is 19.5. The summed E-state index contributed by atoms with van der Waals surface area (Å²) in [7, 11) is 1.60. The van der Waals surface area contributed by atoms with Crippen molar-refractivity contribution in [2.45, 2.75) is 38.6 Å². The number of aromatic nitrogens is 1. The van der Waals surface area contributed by atoms with E-state index in [0.29, 0.717) is 11.4 Å². The number of nitrogens with one attached hydrogen (secondary N) is 2. The zero-order valence-electron chi connectivity index (χ0n) is 16.2. The van der Waals surface area contributed by atoms with Crippen LogP contribution in [0.3, 0.4) is 0 Å². The highest BCUT2D eigenvalue weighted by Gasteiger charge is 2.26. The van der Waals surface area contributed by atoms with E-state index in [9.17, 15) is 4.79 Å². The number of nitrogens with zero attached hydrogens (tertiary/aromatic N) is 1. The number of hydrogen-bond acceptors (Lipinski definition) is 3. The number of carbonyl (C=O) groups excluding carboxylic acids is 1. The van der Waals surface area contributed by atoms with E-state index in [-0.39, 0.29) is 12.1 Å². The van der Waals surface area contributed by atoms with Crippen molar-refractivity contribution in [2.24, 2.45) is 0 Å². The van der Waals surface area contributed by atoms with Crippen LogP contribution in [-0.2, 0) is 12.8 Å². The number of methoxy groups -OCH3 is 1. The molecule has 2 N–H and O–H groups in total. The fourth-order valence-electron chi connectivity index (χ4n) is 3.86. The molecule has 1 aliphatic carbocycles. The van der Waals surface area contributed by atoms with Gasteiger partial charge in [-0.2, -0.15) is 0 Å². The first-order chi connectivity index (χ1) is 13.7. The minimum absolute atomic E-state index is 0.0924. The number of rotatable bonds is 5. The van der Waals surface area contributed by atoms with Gasteiger partial charge in [-0.25, -0.2) is 4.79 Å². The summed E-state index contributed by atoms with van der Waals surface area (Å²) in [4.78, 5) is 14.1. The molecule has 0 bridgehead atoms. The number of fused-ring (bicyclic) bond motifs is 1. The van der Waals surface area contributed by atoms with Crippen LogP contribution in [0.15, 0.2) is 48.8 Å². The molecule has 0 aliphatic heterocycles. The predicted molar refractivity (Wildman–Crippen MR) is 114 cm³/mol. The summed E-state index contributed by atoms with van der Waals surface area (Å²) in [5.41, 5.74) is 3.32. The summed E-state index contributed by atoms with van der Waals surface area (Å²) in [6, 6.07) is 11.2. The Balaban J connectivity index is 1.58.